The predicted molar refractivity (Wildman–Crippen MR) is 90.0 cm³/mol. The number of carbonyl (C=O) groups excluding carboxylic acids is 1. The molecule has 0 amide bonds. The van der Waals surface area contributed by atoms with E-state index in [-0.39, 0.29) is 5.82 Å². The van der Waals surface area contributed by atoms with Gasteiger partial charge in [-0.2, -0.15) is 0 Å². The Hall–Kier alpha value is -2.21. The van der Waals surface area contributed by atoms with Gasteiger partial charge in [0.2, 0.25) is 0 Å². The number of rotatable bonds is 4. The molecule has 124 valence electrons. The molecule has 6 heteroatoms. The van der Waals surface area contributed by atoms with Gasteiger partial charge in [0.25, 0.3) is 0 Å². The largest absolute Gasteiger partial charge is 0.492 e. The first-order chi connectivity index (χ1) is 11.7. The fourth-order valence-electron chi connectivity index (χ4n) is 3.06. The number of methoxy groups -OCH3 is 1. The highest BCUT2D eigenvalue weighted by atomic mass is 32.2. The van der Waals surface area contributed by atoms with Crippen molar-refractivity contribution in [3.05, 3.63) is 53.3 Å². The van der Waals surface area contributed by atoms with Crippen molar-refractivity contribution in [3.8, 4) is 5.75 Å². The third-order valence-corrected chi connectivity index (χ3v) is 5.26. The molecule has 0 aromatic heterocycles. The molecule has 2 aromatic rings. The van der Waals surface area contributed by atoms with Crippen LogP contribution in [-0.4, -0.2) is 19.7 Å². The molecule has 4 rings (SSSR count). The minimum Gasteiger partial charge on any atom is -0.492 e. The lowest BCUT2D eigenvalue weighted by Gasteiger charge is -2.21. The van der Waals surface area contributed by atoms with Gasteiger partial charge in [-0.3, -0.25) is 0 Å². The number of carbonyl (C=O) groups is 1. The molecular formula is C18H16FNO3S. The molecule has 2 aliphatic rings. The van der Waals surface area contributed by atoms with Gasteiger partial charge in [0, 0.05) is 10.8 Å². The maximum Gasteiger partial charge on any atom is 0.343 e. The highest BCUT2D eigenvalue weighted by Crippen LogP contribution is 2.55. The van der Waals surface area contributed by atoms with Crippen LogP contribution < -0.4 is 9.46 Å². The first-order valence-corrected chi connectivity index (χ1v) is 8.55. The van der Waals surface area contributed by atoms with Crippen LogP contribution in [0.25, 0.3) is 0 Å². The lowest BCUT2D eigenvalue weighted by molar-refractivity contribution is 0.0596. The van der Waals surface area contributed by atoms with E-state index in [1.165, 1.54) is 31.2 Å². The lowest BCUT2D eigenvalue weighted by Crippen LogP contribution is -2.15. The molecule has 0 spiro atoms. The average molecular weight is 345 g/mol. The predicted octanol–water partition coefficient (Wildman–Crippen LogP) is 4.23. The number of fused-ring (bicyclic) bond motifs is 3. The van der Waals surface area contributed by atoms with Gasteiger partial charge in [-0.1, -0.05) is 6.07 Å². The second kappa shape index (κ2) is 6.02. The second-order valence-corrected chi connectivity index (χ2v) is 6.85. The quantitative estimate of drug-likeness (QED) is 0.664. The van der Waals surface area contributed by atoms with Crippen molar-refractivity contribution < 1.29 is 18.7 Å². The summed E-state index contributed by atoms with van der Waals surface area (Å²) in [4.78, 5) is 13.1. The fraction of sp³-hybridized carbons (Fsp3) is 0.278. The van der Waals surface area contributed by atoms with Crippen LogP contribution >= 0.6 is 11.9 Å². The van der Waals surface area contributed by atoms with E-state index in [0.717, 1.165) is 16.9 Å². The lowest BCUT2D eigenvalue weighted by atomic mass is 10.0. The van der Waals surface area contributed by atoms with Crippen LogP contribution in [0.3, 0.4) is 0 Å². The molecule has 1 saturated carbocycles. The number of esters is 1. The Morgan fingerprint density at radius 3 is 2.83 bits per heavy atom. The molecular weight excluding hydrogens is 329 g/mol. The SMILES string of the molecule is COC(=O)c1c(NSc2ccc(F)cc2)ccc2c1OC[C@@H]1CC21. The van der Waals surface area contributed by atoms with Crippen molar-refractivity contribution in [2.75, 3.05) is 18.4 Å². The maximum atomic E-state index is 13.0. The van der Waals surface area contributed by atoms with Crippen molar-refractivity contribution in [1.29, 1.82) is 0 Å². The molecule has 2 aromatic carbocycles. The summed E-state index contributed by atoms with van der Waals surface area (Å²) in [6, 6.07) is 10.0. The van der Waals surface area contributed by atoms with E-state index in [2.05, 4.69) is 4.72 Å². The summed E-state index contributed by atoms with van der Waals surface area (Å²) in [5.74, 6) is 1.00. The topological polar surface area (TPSA) is 47.6 Å². The van der Waals surface area contributed by atoms with Crippen molar-refractivity contribution in [2.45, 2.75) is 17.2 Å². The van der Waals surface area contributed by atoms with Crippen LogP contribution in [0.1, 0.15) is 28.3 Å². The number of hydrogen-bond acceptors (Lipinski definition) is 5. The molecule has 1 aliphatic heterocycles. The zero-order valence-electron chi connectivity index (χ0n) is 13.0. The third kappa shape index (κ3) is 2.71. The van der Waals surface area contributed by atoms with Gasteiger partial charge in [0.05, 0.1) is 19.4 Å². The van der Waals surface area contributed by atoms with Gasteiger partial charge in [-0.25, -0.2) is 9.18 Å². The van der Waals surface area contributed by atoms with E-state index in [4.69, 9.17) is 9.47 Å². The van der Waals surface area contributed by atoms with Crippen LogP contribution in [0.2, 0.25) is 0 Å². The monoisotopic (exact) mass is 345 g/mol. The first kappa shape index (κ1) is 15.3. The summed E-state index contributed by atoms with van der Waals surface area (Å²) in [5.41, 5.74) is 2.15. The summed E-state index contributed by atoms with van der Waals surface area (Å²) in [7, 11) is 1.36. The summed E-state index contributed by atoms with van der Waals surface area (Å²) in [6.07, 6.45) is 1.12. The van der Waals surface area contributed by atoms with Gasteiger partial charge >= 0.3 is 5.97 Å². The number of anilines is 1. The molecule has 0 radical (unpaired) electrons. The van der Waals surface area contributed by atoms with E-state index in [1.54, 1.807) is 12.1 Å². The Morgan fingerprint density at radius 1 is 1.29 bits per heavy atom. The smallest absolute Gasteiger partial charge is 0.343 e. The Labute approximate surface area is 143 Å². The Balaban J connectivity index is 1.64. The molecule has 4 nitrogen and oxygen atoms in total. The molecule has 24 heavy (non-hydrogen) atoms. The zero-order valence-corrected chi connectivity index (χ0v) is 13.9. The molecule has 1 heterocycles. The fourth-order valence-corrected chi connectivity index (χ4v) is 3.73. The Kier molecular flexibility index (Phi) is 3.84. The highest BCUT2D eigenvalue weighted by molar-refractivity contribution is 8.00. The van der Waals surface area contributed by atoms with Crippen LogP contribution in [0.15, 0.2) is 41.3 Å². The third-order valence-electron chi connectivity index (χ3n) is 4.43. The van der Waals surface area contributed by atoms with Gasteiger partial charge in [-0.05, 0) is 60.2 Å². The standard InChI is InChI=1S/C18H16FNO3S/c1-22-18(21)16-15(20-24-12-4-2-11(19)3-5-12)7-6-13-14-8-10(14)9-23-17(13)16/h2-7,10,14,20H,8-9H2,1H3/t10-,14?/m0/s1. The molecule has 2 atom stereocenters. The number of ether oxygens (including phenoxy) is 2. The van der Waals surface area contributed by atoms with Crippen LogP contribution in [0.4, 0.5) is 10.1 Å². The van der Waals surface area contributed by atoms with Gasteiger partial charge in [0.1, 0.15) is 17.1 Å². The number of nitrogens with one attached hydrogen (secondary N) is 1. The highest BCUT2D eigenvalue weighted by Gasteiger charge is 2.45. The van der Waals surface area contributed by atoms with Crippen LogP contribution in [-0.2, 0) is 4.74 Å². The minimum absolute atomic E-state index is 0.282. The van der Waals surface area contributed by atoms with Crippen molar-refractivity contribution in [1.82, 2.24) is 0 Å². The second-order valence-electron chi connectivity index (χ2n) is 5.97. The number of halogens is 1. The Bertz CT molecular complexity index is 794. The Morgan fingerprint density at radius 2 is 2.08 bits per heavy atom. The van der Waals surface area contributed by atoms with E-state index in [1.807, 2.05) is 12.1 Å². The van der Waals surface area contributed by atoms with Crippen LogP contribution in [0.5, 0.6) is 5.75 Å². The molecule has 1 N–H and O–H groups in total. The van der Waals surface area contributed by atoms with Gasteiger partial charge in [0.15, 0.2) is 0 Å². The minimum atomic E-state index is -0.423. The number of hydrogen-bond donors (Lipinski definition) is 1. The van der Waals surface area contributed by atoms with Crippen LogP contribution in [0, 0.1) is 11.7 Å². The van der Waals surface area contributed by atoms with E-state index >= 15 is 0 Å². The molecule has 0 saturated heterocycles. The molecule has 1 fully saturated rings. The molecule has 0 bridgehead atoms. The van der Waals surface area contributed by atoms with Gasteiger partial charge in [-0.15, -0.1) is 0 Å². The van der Waals surface area contributed by atoms with Crippen molar-refractivity contribution >= 4 is 23.6 Å². The molecule has 1 aliphatic carbocycles. The summed E-state index contributed by atoms with van der Waals surface area (Å²) in [6.45, 7) is 0.649. The normalized spacial score (nSPS) is 20.4. The zero-order chi connectivity index (χ0) is 16.7. The number of benzene rings is 2. The van der Waals surface area contributed by atoms with E-state index < -0.39 is 5.97 Å². The summed E-state index contributed by atoms with van der Waals surface area (Å²) >= 11 is 1.31. The van der Waals surface area contributed by atoms with Crippen molar-refractivity contribution in [2.24, 2.45) is 5.92 Å². The van der Waals surface area contributed by atoms with Gasteiger partial charge < -0.3 is 14.2 Å². The van der Waals surface area contributed by atoms with E-state index in [9.17, 15) is 9.18 Å². The average Bonchev–Trinajstić information content (AvgIpc) is 3.40. The van der Waals surface area contributed by atoms with E-state index in [0.29, 0.717) is 35.4 Å². The van der Waals surface area contributed by atoms with Crippen molar-refractivity contribution in [3.63, 3.8) is 0 Å². The maximum absolute atomic E-state index is 13.0. The summed E-state index contributed by atoms with van der Waals surface area (Å²) in [5, 5.41) is 0. The molecule has 1 unspecified atom stereocenters. The first-order valence-electron chi connectivity index (χ1n) is 7.74. The summed E-state index contributed by atoms with van der Waals surface area (Å²) < 4.78 is 26.9.